The zero-order valence-corrected chi connectivity index (χ0v) is 17.5. The van der Waals surface area contributed by atoms with Gasteiger partial charge in [0, 0.05) is 19.3 Å². The maximum Gasteiger partial charge on any atom is 0.426 e. The molecule has 1 aliphatic rings. The minimum atomic E-state index is -5.04. The highest BCUT2D eigenvalue weighted by atomic mass is 19.4. The number of alkyl halides is 3. The van der Waals surface area contributed by atoms with Crippen molar-refractivity contribution in [2.75, 3.05) is 6.54 Å². The summed E-state index contributed by atoms with van der Waals surface area (Å²) in [6.07, 6.45) is -1.19. The van der Waals surface area contributed by atoms with Crippen molar-refractivity contribution in [1.29, 1.82) is 0 Å². The van der Waals surface area contributed by atoms with Gasteiger partial charge in [0.05, 0.1) is 29.7 Å². The molecule has 0 bridgehead atoms. The van der Waals surface area contributed by atoms with Crippen molar-refractivity contribution >= 4 is 18.5 Å². The van der Waals surface area contributed by atoms with Crippen molar-refractivity contribution in [2.24, 2.45) is 10.1 Å². The maximum absolute atomic E-state index is 13.4. The van der Waals surface area contributed by atoms with Crippen LogP contribution in [0.4, 0.5) is 13.2 Å². The first-order valence-electron chi connectivity index (χ1n) is 9.83. The van der Waals surface area contributed by atoms with E-state index < -0.39 is 23.7 Å². The number of piperidine rings is 1. The number of para-hydroxylation sites is 1. The fourth-order valence-corrected chi connectivity index (χ4v) is 3.39. The Balaban J connectivity index is 1.90. The lowest BCUT2D eigenvalue weighted by Crippen LogP contribution is -2.52. The van der Waals surface area contributed by atoms with E-state index in [1.807, 2.05) is 6.92 Å². The highest BCUT2D eigenvalue weighted by molar-refractivity contribution is 5.98. The average molecular weight is 452 g/mol. The van der Waals surface area contributed by atoms with E-state index in [0.29, 0.717) is 31.0 Å². The predicted octanol–water partition coefficient (Wildman–Crippen LogP) is 2.60. The number of hydrogen-bond acceptors (Lipinski definition) is 7. The van der Waals surface area contributed by atoms with Crippen LogP contribution in [0.1, 0.15) is 37.0 Å². The van der Waals surface area contributed by atoms with Crippen molar-refractivity contribution in [2.45, 2.75) is 50.6 Å². The molecule has 1 N–H and O–H groups in total. The zero-order chi connectivity index (χ0) is 23.5. The second-order valence-electron chi connectivity index (χ2n) is 7.60. The number of oxime groups is 1. The number of aliphatic hydroxyl groups is 1. The van der Waals surface area contributed by atoms with Crippen LogP contribution in [0, 0.1) is 0 Å². The molecule has 0 saturated carbocycles. The van der Waals surface area contributed by atoms with E-state index >= 15 is 0 Å². The Bertz CT molecular complexity index is 991. The van der Waals surface area contributed by atoms with Crippen LogP contribution in [0.5, 0.6) is 0 Å². The molecule has 1 aliphatic heterocycles. The van der Waals surface area contributed by atoms with E-state index in [1.54, 1.807) is 24.3 Å². The molecule has 1 aromatic carbocycles. The van der Waals surface area contributed by atoms with Crippen LogP contribution in [-0.2, 0) is 4.84 Å². The first-order chi connectivity index (χ1) is 15.1. The lowest BCUT2D eigenvalue weighted by Gasteiger charge is -2.37. The summed E-state index contributed by atoms with van der Waals surface area (Å²) in [6.45, 7) is 5.41. The quantitative estimate of drug-likeness (QED) is 0.427. The molecule has 1 fully saturated rings. The second kappa shape index (κ2) is 9.07. The van der Waals surface area contributed by atoms with Gasteiger partial charge in [0.15, 0.2) is 0 Å². The molecule has 2 aromatic rings. The number of carbonyl (C=O) groups is 1. The van der Waals surface area contributed by atoms with Gasteiger partial charge in [-0.25, -0.2) is 4.99 Å². The second-order valence-corrected chi connectivity index (χ2v) is 7.60. The summed E-state index contributed by atoms with van der Waals surface area (Å²) < 4.78 is 39.8. The smallest absolute Gasteiger partial charge is 0.373 e. The monoisotopic (exact) mass is 452 g/mol. The van der Waals surface area contributed by atoms with Crippen LogP contribution in [0.3, 0.4) is 0 Å². The molecular weight excluding hydrogens is 429 g/mol. The molecule has 172 valence electrons. The van der Waals surface area contributed by atoms with Crippen molar-refractivity contribution < 1.29 is 27.9 Å². The Labute approximate surface area is 182 Å². The summed E-state index contributed by atoms with van der Waals surface area (Å²) in [7, 11) is 0. The number of carbonyl (C=O) groups excluding carboxylic acids is 1. The molecule has 1 amide bonds. The summed E-state index contributed by atoms with van der Waals surface area (Å²) in [6, 6.07) is 5.85. The largest absolute Gasteiger partial charge is 0.426 e. The first kappa shape index (κ1) is 23.4. The van der Waals surface area contributed by atoms with Gasteiger partial charge >= 0.3 is 6.18 Å². The summed E-state index contributed by atoms with van der Waals surface area (Å²) in [5.41, 5.74) is -2.54. The Hall–Kier alpha value is -3.28. The zero-order valence-electron chi connectivity index (χ0n) is 17.5. The molecule has 2 heterocycles. The molecule has 0 radical (unpaired) electrons. The van der Waals surface area contributed by atoms with Crippen LogP contribution >= 0.6 is 0 Å². The number of amides is 1. The Kier molecular flexibility index (Phi) is 6.63. The van der Waals surface area contributed by atoms with E-state index in [9.17, 15) is 23.1 Å². The molecule has 32 heavy (non-hydrogen) atoms. The highest BCUT2D eigenvalue weighted by Crippen LogP contribution is 2.33. The normalized spacial score (nSPS) is 21.7. The lowest BCUT2D eigenvalue weighted by molar-refractivity contribution is -0.229. The van der Waals surface area contributed by atoms with E-state index in [-0.39, 0.29) is 18.5 Å². The molecule has 1 aromatic heterocycles. The van der Waals surface area contributed by atoms with Crippen molar-refractivity contribution in [1.82, 2.24) is 19.9 Å². The van der Waals surface area contributed by atoms with Crippen LogP contribution in [0.2, 0.25) is 0 Å². The molecule has 3 rings (SSSR count). The highest BCUT2D eigenvalue weighted by Gasteiger charge is 2.56. The van der Waals surface area contributed by atoms with Crippen LogP contribution in [-0.4, -0.2) is 73.9 Å². The van der Waals surface area contributed by atoms with Crippen LogP contribution in [0.25, 0.3) is 5.69 Å². The van der Waals surface area contributed by atoms with Crippen LogP contribution < -0.4 is 0 Å². The lowest BCUT2D eigenvalue weighted by atomic mass is 9.97. The summed E-state index contributed by atoms with van der Waals surface area (Å²) in [4.78, 5) is 24.8. The fourth-order valence-electron chi connectivity index (χ4n) is 3.39. The van der Waals surface area contributed by atoms with E-state index in [4.69, 9.17) is 0 Å². The Morgan fingerprint density at radius 3 is 2.53 bits per heavy atom. The van der Waals surface area contributed by atoms with Crippen molar-refractivity contribution in [3.63, 3.8) is 0 Å². The summed E-state index contributed by atoms with van der Waals surface area (Å²) >= 11 is 0. The minimum absolute atomic E-state index is 0.0266. The molecule has 0 aliphatic carbocycles. The van der Waals surface area contributed by atoms with Gasteiger partial charge in [-0.2, -0.15) is 28.2 Å². The standard InChI is InChI=1S/C20H23F3N6O3/c1-13-8-9-14(27-18(32-24-3)19(2,31)20(21,22)23)12-28(13)17(30)15-6-4-5-7-16(15)29-25-10-11-26-29/h4-7,10-11,13-14,31H,3,8-9,12H2,1-2H3/b27-18-/t13-,14?,19-/m1/s1. The van der Waals surface area contributed by atoms with E-state index in [0.717, 1.165) is 0 Å². The number of nitrogens with zero attached hydrogens (tertiary/aromatic N) is 6. The third-order valence-electron chi connectivity index (χ3n) is 5.31. The SMILES string of the molecule is C=NO/C(=N\C1CC[C@@H](C)N(C(=O)c2ccccc2-n2nccn2)C1)[C@@](C)(O)C(F)(F)F. The molecule has 9 nitrogen and oxygen atoms in total. The fraction of sp³-hybridized carbons (Fsp3) is 0.450. The number of benzene rings is 1. The summed E-state index contributed by atoms with van der Waals surface area (Å²) in [5.74, 6) is -1.36. The number of hydrogen-bond donors (Lipinski definition) is 1. The van der Waals surface area contributed by atoms with Gasteiger partial charge in [-0.15, -0.1) is 0 Å². The number of rotatable bonds is 5. The van der Waals surface area contributed by atoms with Gasteiger partial charge in [-0.3, -0.25) is 4.79 Å². The number of likely N-dealkylation sites (tertiary alicyclic amines) is 1. The number of aromatic nitrogens is 3. The maximum atomic E-state index is 13.4. The molecule has 1 saturated heterocycles. The predicted molar refractivity (Wildman–Crippen MR) is 110 cm³/mol. The van der Waals surface area contributed by atoms with Gasteiger partial charge in [0.25, 0.3) is 11.8 Å². The van der Waals surface area contributed by atoms with Crippen LogP contribution in [0.15, 0.2) is 46.8 Å². The van der Waals surface area contributed by atoms with Crippen molar-refractivity contribution in [3.05, 3.63) is 42.2 Å². The van der Waals surface area contributed by atoms with Gasteiger partial charge < -0.3 is 14.8 Å². The number of aliphatic imine (C=N–C) groups is 1. The number of halogens is 3. The van der Waals surface area contributed by atoms with Gasteiger partial charge in [-0.1, -0.05) is 17.3 Å². The third-order valence-corrected chi connectivity index (χ3v) is 5.31. The molecule has 12 heteroatoms. The van der Waals surface area contributed by atoms with E-state index in [1.165, 1.54) is 22.1 Å². The molecular formula is C20H23F3N6O3. The summed E-state index contributed by atoms with van der Waals surface area (Å²) in [5, 5.41) is 21.1. The van der Waals surface area contributed by atoms with Gasteiger partial charge in [0.1, 0.15) is 0 Å². The molecule has 3 atom stereocenters. The minimum Gasteiger partial charge on any atom is -0.373 e. The average Bonchev–Trinajstić information content (AvgIpc) is 3.28. The topological polar surface area (TPSA) is 105 Å². The molecule has 0 spiro atoms. The first-order valence-corrected chi connectivity index (χ1v) is 9.83. The molecule has 1 unspecified atom stereocenters. The van der Waals surface area contributed by atoms with Gasteiger partial charge in [0.2, 0.25) is 5.60 Å². The third kappa shape index (κ3) is 4.64. The van der Waals surface area contributed by atoms with Gasteiger partial charge in [-0.05, 0) is 38.8 Å². The Morgan fingerprint density at radius 1 is 1.25 bits per heavy atom. The Morgan fingerprint density at radius 2 is 1.91 bits per heavy atom. The van der Waals surface area contributed by atoms with E-state index in [2.05, 4.69) is 31.9 Å². The van der Waals surface area contributed by atoms with Crippen molar-refractivity contribution in [3.8, 4) is 5.69 Å².